The van der Waals surface area contributed by atoms with Gasteiger partial charge in [0, 0.05) is 26.8 Å². The average molecular weight is 551 g/mol. The van der Waals surface area contributed by atoms with Crippen molar-refractivity contribution >= 4 is 46.3 Å². The molecule has 6 rings (SSSR count). The summed E-state index contributed by atoms with van der Waals surface area (Å²) >= 11 is 9.04. The summed E-state index contributed by atoms with van der Waals surface area (Å²) in [6.45, 7) is -0.243. The van der Waals surface area contributed by atoms with Crippen molar-refractivity contribution in [2.75, 3.05) is 5.32 Å². The Bertz CT molecular complexity index is 1390. The second-order valence-electron chi connectivity index (χ2n) is 9.77. The minimum absolute atomic E-state index is 0.0480. The molecule has 0 unspecified atom stereocenters. The van der Waals surface area contributed by atoms with Crippen molar-refractivity contribution in [1.29, 1.82) is 0 Å². The molecule has 10 heteroatoms. The van der Waals surface area contributed by atoms with Gasteiger partial charge >= 0.3 is 11.0 Å². The zero-order valence-electron chi connectivity index (χ0n) is 18.9. The summed E-state index contributed by atoms with van der Waals surface area (Å²) < 4.78 is 40.7. The van der Waals surface area contributed by atoms with E-state index in [1.807, 2.05) is 24.3 Å². The Hall–Kier alpha value is -2.23. The largest absolute Gasteiger partial charge is 0.416 e. The maximum absolute atomic E-state index is 13.1. The minimum Gasteiger partial charge on any atom is -0.325 e. The van der Waals surface area contributed by atoms with Crippen LogP contribution in [0.2, 0.25) is 5.02 Å². The van der Waals surface area contributed by atoms with Crippen molar-refractivity contribution in [2.45, 2.75) is 48.2 Å². The molecule has 1 aromatic heterocycles. The fourth-order valence-corrected chi connectivity index (χ4v) is 9.52. The van der Waals surface area contributed by atoms with Crippen molar-refractivity contribution in [3.8, 4) is 0 Å². The number of carbonyl (C=O) groups excluding carboxylic acids is 1. The Balaban J connectivity index is 1.32. The molecule has 3 aromatic rings. The molecule has 36 heavy (non-hydrogen) atoms. The van der Waals surface area contributed by atoms with Crippen LogP contribution in [-0.2, 0) is 17.5 Å². The molecule has 2 heterocycles. The maximum atomic E-state index is 13.1. The van der Waals surface area contributed by atoms with Crippen LogP contribution in [0.15, 0.2) is 58.4 Å². The molecule has 4 nitrogen and oxygen atoms in total. The molecule has 1 aliphatic heterocycles. The van der Waals surface area contributed by atoms with Crippen LogP contribution in [0.5, 0.6) is 0 Å². The van der Waals surface area contributed by atoms with Gasteiger partial charge in [-0.25, -0.2) is 0 Å². The summed E-state index contributed by atoms with van der Waals surface area (Å²) in [6, 6.07) is 12.3. The first-order valence-corrected chi connectivity index (χ1v) is 13.9. The molecular weight excluding hydrogens is 529 g/mol. The normalized spacial score (nSPS) is 26.5. The maximum Gasteiger partial charge on any atom is 0.416 e. The van der Waals surface area contributed by atoms with E-state index in [2.05, 4.69) is 5.32 Å². The van der Waals surface area contributed by atoms with Gasteiger partial charge in [-0.3, -0.25) is 14.2 Å². The number of rotatable bonds is 4. The van der Waals surface area contributed by atoms with E-state index >= 15 is 0 Å². The first-order valence-electron chi connectivity index (χ1n) is 11.8. The second-order valence-corrected chi connectivity index (χ2v) is 12.4. The van der Waals surface area contributed by atoms with Crippen LogP contribution in [0.4, 0.5) is 18.9 Å². The number of thioether (sulfide) groups is 1. The summed E-state index contributed by atoms with van der Waals surface area (Å²) in [6.07, 6.45) is -0.914. The highest BCUT2D eigenvalue weighted by molar-refractivity contribution is 8.00. The number of alkyl halides is 3. The molecule has 1 amide bonds. The fourth-order valence-electron chi connectivity index (χ4n) is 6.25. The molecule has 0 saturated heterocycles. The van der Waals surface area contributed by atoms with Gasteiger partial charge in [0.1, 0.15) is 6.54 Å². The van der Waals surface area contributed by atoms with E-state index in [4.69, 9.17) is 11.6 Å². The van der Waals surface area contributed by atoms with Crippen molar-refractivity contribution in [1.82, 2.24) is 4.57 Å². The van der Waals surface area contributed by atoms with Crippen molar-refractivity contribution in [3.63, 3.8) is 0 Å². The van der Waals surface area contributed by atoms with E-state index in [0.717, 1.165) is 27.6 Å². The van der Waals surface area contributed by atoms with Crippen LogP contribution >= 0.6 is 34.7 Å². The zero-order valence-corrected chi connectivity index (χ0v) is 21.3. The third-order valence-electron chi connectivity index (χ3n) is 7.70. The minimum atomic E-state index is -4.51. The monoisotopic (exact) mass is 550 g/mol. The lowest BCUT2D eigenvalue weighted by molar-refractivity contribution is -0.137. The molecule has 3 aliphatic rings. The standard InChI is InChI=1S/C26H22ClF3N2O2S2/c27-17-8-6-13(7-9-17)20-21-14-4-5-15(10-14)22(21)35-24-23(20)36-25(34)32(24)12-19(33)31-18-3-1-2-16(11-18)26(28,29)30/h1-3,6-9,11,14-15,20-22H,4-5,10,12H2,(H,31,33)/t14-,15+,20+,21-,22+/m1/s1. The van der Waals surface area contributed by atoms with E-state index in [0.29, 0.717) is 28.0 Å². The SMILES string of the molecule is O=C(Cn1c2c(sc1=O)[C@@H](c1ccc(Cl)cc1)[C@H]1[C@@H]3CC[C@@H](C3)[C@@H]1S2)Nc1cccc(C(F)(F)F)c1. The van der Waals surface area contributed by atoms with E-state index in [-0.39, 0.29) is 23.0 Å². The molecule has 0 spiro atoms. The molecule has 2 aromatic carbocycles. The number of benzene rings is 2. The number of hydrogen-bond donors (Lipinski definition) is 1. The van der Waals surface area contributed by atoms with Gasteiger partial charge in [-0.05, 0) is 72.9 Å². The molecule has 2 bridgehead atoms. The number of nitrogens with one attached hydrogen (secondary N) is 1. The van der Waals surface area contributed by atoms with Crippen LogP contribution in [0.1, 0.15) is 41.2 Å². The molecule has 1 N–H and O–H groups in total. The fraction of sp³-hybridized carbons (Fsp3) is 0.385. The van der Waals surface area contributed by atoms with Gasteiger partial charge in [-0.1, -0.05) is 41.1 Å². The van der Waals surface area contributed by atoms with Crippen molar-refractivity contribution in [2.24, 2.45) is 17.8 Å². The highest BCUT2D eigenvalue weighted by atomic mass is 35.5. The summed E-state index contributed by atoms with van der Waals surface area (Å²) in [7, 11) is 0. The lowest BCUT2D eigenvalue weighted by Crippen LogP contribution is -2.34. The molecule has 0 radical (unpaired) electrons. The van der Waals surface area contributed by atoms with Crippen LogP contribution in [0.25, 0.3) is 0 Å². The molecular formula is C26H22ClF3N2O2S2. The summed E-state index contributed by atoms with van der Waals surface area (Å²) in [4.78, 5) is 26.7. The summed E-state index contributed by atoms with van der Waals surface area (Å²) in [5.74, 6) is 1.19. The van der Waals surface area contributed by atoms with Crippen molar-refractivity contribution < 1.29 is 18.0 Å². The van der Waals surface area contributed by atoms with Crippen LogP contribution in [0, 0.1) is 17.8 Å². The van der Waals surface area contributed by atoms with E-state index in [1.165, 1.54) is 47.3 Å². The summed E-state index contributed by atoms with van der Waals surface area (Å²) in [5, 5.41) is 4.39. The van der Waals surface area contributed by atoms with Crippen LogP contribution < -0.4 is 10.2 Å². The molecule has 2 aliphatic carbocycles. The van der Waals surface area contributed by atoms with Crippen LogP contribution in [0.3, 0.4) is 0 Å². The quantitative estimate of drug-likeness (QED) is 0.385. The molecule has 5 atom stereocenters. The number of nitrogens with zero attached hydrogens (tertiary/aromatic N) is 1. The first-order chi connectivity index (χ1) is 17.2. The Labute approximate surface area is 218 Å². The Morgan fingerprint density at radius 3 is 2.61 bits per heavy atom. The smallest absolute Gasteiger partial charge is 0.325 e. The molecule has 188 valence electrons. The number of hydrogen-bond acceptors (Lipinski definition) is 4. The number of aromatic nitrogens is 1. The number of carbonyl (C=O) groups is 1. The number of fused-ring (bicyclic) bond motifs is 6. The van der Waals surface area contributed by atoms with Gasteiger partial charge in [0.25, 0.3) is 0 Å². The van der Waals surface area contributed by atoms with Gasteiger partial charge in [0.05, 0.1) is 10.6 Å². The second kappa shape index (κ2) is 8.96. The number of thiazole rings is 1. The van der Waals surface area contributed by atoms with Crippen molar-refractivity contribution in [3.05, 3.63) is 79.2 Å². The van der Waals surface area contributed by atoms with Gasteiger partial charge in [-0.2, -0.15) is 13.2 Å². The third-order valence-corrected chi connectivity index (χ3v) is 10.8. The number of amides is 1. The predicted octanol–water partition coefficient (Wildman–Crippen LogP) is 6.87. The molecule has 2 saturated carbocycles. The van der Waals surface area contributed by atoms with Crippen LogP contribution in [-0.4, -0.2) is 15.7 Å². The average Bonchev–Trinajstić information content (AvgIpc) is 3.52. The predicted molar refractivity (Wildman–Crippen MR) is 136 cm³/mol. The highest BCUT2D eigenvalue weighted by Crippen LogP contribution is 2.64. The van der Waals surface area contributed by atoms with Gasteiger partial charge in [-0.15, -0.1) is 11.8 Å². The first kappa shape index (κ1) is 24.1. The Morgan fingerprint density at radius 2 is 1.86 bits per heavy atom. The topological polar surface area (TPSA) is 51.1 Å². The Morgan fingerprint density at radius 1 is 1.11 bits per heavy atom. The highest BCUT2D eigenvalue weighted by Gasteiger charge is 2.55. The lowest BCUT2D eigenvalue weighted by atomic mass is 9.75. The van der Waals surface area contributed by atoms with E-state index in [1.54, 1.807) is 11.8 Å². The molecule has 2 fully saturated rings. The zero-order chi connectivity index (χ0) is 25.2. The van der Waals surface area contributed by atoms with Gasteiger partial charge < -0.3 is 5.32 Å². The number of anilines is 1. The van der Waals surface area contributed by atoms with Gasteiger partial charge in [0.2, 0.25) is 5.91 Å². The lowest BCUT2D eigenvalue weighted by Gasteiger charge is -2.40. The van der Waals surface area contributed by atoms with Gasteiger partial charge in [0.15, 0.2) is 0 Å². The van der Waals surface area contributed by atoms with E-state index in [9.17, 15) is 22.8 Å². The third kappa shape index (κ3) is 4.19. The number of halogens is 4. The summed E-state index contributed by atoms with van der Waals surface area (Å²) in [5.41, 5.74) is 0.339. The Kier molecular flexibility index (Phi) is 6.00. The van der Waals surface area contributed by atoms with E-state index < -0.39 is 17.6 Å².